The molecule has 0 aliphatic carbocycles. The van der Waals surface area contributed by atoms with Crippen molar-refractivity contribution in [3.63, 3.8) is 0 Å². The lowest BCUT2D eigenvalue weighted by Gasteiger charge is -2.30. The van der Waals surface area contributed by atoms with Gasteiger partial charge in [-0.05, 0) is 31.9 Å². The lowest BCUT2D eigenvalue weighted by Crippen LogP contribution is -2.35. The molecule has 0 spiro atoms. The fraction of sp³-hybridized carbons (Fsp3) is 0.389. The highest BCUT2D eigenvalue weighted by atomic mass is 32.1. The fourth-order valence-corrected chi connectivity index (χ4v) is 5.62. The predicted octanol–water partition coefficient (Wildman–Crippen LogP) is 4.14. The van der Waals surface area contributed by atoms with Gasteiger partial charge in [-0.3, -0.25) is 14.7 Å². The Morgan fingerprint density at radius 1 is 1.36 bits per heavy atom. The molecule has 0 saturated heterocycles. The van der Waals surface area contributed by atoms with E-state index in [0.717, 1.165) is 45.3 Å². The van der Waals surface area contributed by atoms with Crippen molar-refractivity contribution in [2.75, 3.05) is 11.9 Å². The van der Waals surface area contributed by atoms with Crippen LogP contribution >= 0.6 is 22.7 Å². The second kappa shape index (κ2) is 6.48. The molecule has 0 unspecified atom stereocenters. The van der Waals surface area contributed by atoms with Crippen molar-refractivity contribution in [3.8, 4) is 10.6 Å². The van der Waals surface area contributed by atoms with Gasteiger partial charge in [0.2, 0.25) is 5.91 Å². The van der Waals surface area contributed by atoms with Gasteiger partial charge in [-0.1, -0.05) is 0 Å². The number of nitrogens with zero attached hydrogens (tertiary/aromatic N) is 3. The third-order valence-electron chi connectivity index (χ3n) is 4.51. The summed E-state index contributed by atoms with van der Waals surface area (Å²) < 4.78 is 1.12. The van der Waals surface area contributed by atoms with Gasteiger partial charge in [-0.2, -0.15) is 0 Å². The largest absolute Gasteiger partial charge is 0.317 e. The minimum atomic E-state index is -0.0386. The molecule has 0 radical (unpaired) electrons. The number of pyridine rings is 1. The van der Waals surface area contributed by atoms with Crippen LogP contribution in [0.2, 0.25) is 0 Å². The number of thiophene rings is 1. The monoisotopic (exact) mass is 372 g/mol. The molecular formula is C18H20N4OS2. The fourth-order valence-electron chi connectivity index (χ4n) is 3.23. The Bertz CT molecular complexity index is 911. The first-order valence-corrected chi connectivity index (χ1v) is 10.0. The first kappa shape index (κ1) is 16.6. The summed E-state index contributed by atoms with van der Waals surface area (Å²) >= 11 is 3.36. The maximum atomic E-state index is 11.7. The van der Waals surface area contributed by atoms with E-state index < -0.39 is 0 Å². The molecule has 1 aliphatic rings. The van der Waals surface area contributed by atoms with Crippen LogP contribution in [0.25, 0.3) is 20.8 Å². The smallest absolute Gasteiger partial charge is 0.221 e. The number of aromatic nitrogens is 2. The Kier molecular flexibility index (Phi) is 4.31. The number of carbonyl (C=O) groups is 1. The maximum absolute atomic E-state index is 11.7. The summed E-state index contributed by atoms with van der Waals surface area (Å²) in [5.41, 5.74) is 3.37. The Labute approximate surface area is 154 Å². The van der Waals surface area contributed by atoms with Gasteiger partial charge in [0.1, 0.15) is 15.5 Å². The lowest BCUT2D eigenvalue weighted by atomic mass is 10.0. The van der Waals surface area contributed by atoms with E-state index >= 15 is 0 Å². The highest BCUT2D eigenvalue weighted by molar-refractivity contribution is 7.22. The molecule has 0 atom stereocenters. The number of amides is 1. The molecule has 1 N–H and O–H groups in total. The zero-order valence-corrected chi connectivity index (χ0v) is 16.1. The summed E-state index contributed by atoms with van der Waals surface area (Å²) in [7, 11) is 0. The number of anilines is 1. The van der Waals surface area contributed by atoms with E-state index in [9.17, 15) is 4.79 Å². The van der Waals surface area contributed by atoms with Crippen molar-refractivity contribution >= 4 is 43.8 Å². The average molecular weight is 373 g/mol. The van der Waals surface area contributed by atoms with Crippen LogP contribution < -0.4 is 5.32 Å². The molecule has 1 amide bonds. The number of hydrogen-bond acceptors (Lipinski definition) is 6. The molecule has 3 aromatic rings. The van der Waals surface area contributed by atoms with Crippen molar-refractivity contribution in [3.05, 3.63) is 28.9 Å². The van der Waals surface area contributed by atoms with Crippen molar-refractivity contribution < 1.29 is 4.79 Å². The van der Waals surface area contributed by atoms with Gasteiger partial charge in [0, 0.05) is 42.7 Å². The molecule has 4 rings (SSSR count). The lowest BCUT2D eigenvalue weighted by molar-refractivity contribution is -0.114. The molecular weight excluding hydrogens is 352 g/mol. The van der Waals surface area contributed by atoms with Gasteiger partial charge in [0.05, 0.1) is 10.9 Å². The molecule has 7 heteroatoms. The Morgan fingerprint density at radius 2 is 2.20 bits per heavy atom. The molecule has 5 nitrogen and oxygen atoms in total. The summed E-state index contributed by atoms with van der Waals surface area (Å²) in [6.45, 7) is 8.01. The van der Waals surface area contributed by atoms with E-state index in [1.54, 1.807) is 42.0 Å². The van der Waals surface area contributed by atoms with Gasteiger partial charge >= 0.3 is 0 Å². The topological polar surface area (TPSA) is 58.1 Å². The average Bonchev–Trinajstić information content (AvgIpc) is 3.13. The van der Waals surface area contributed by atoms with Gasteiger partial charge in [-0.15, -0.1) is 22.7 Å². The second-order valence-electron chi connectivity index (χ2n) is 6.57. The molecule has 3 aromatic heterocycles. The van der Waals surface area contributed by atoms with E-state index in [-0.39, 0.29) is 5.91 Å². The summed E-state index contributed by atoms with van der Waals surface area (Å²) in [6.07, 6.45) is 4.59. The van der Waals surface area contributed by atoms with Crippen LogP contribution in [0.15, 0.2) is 18.5 Å². The summed E-state index contributed by atoms with van der Waals surface area (Å²) in [6, 6.07) is 2.52. The van der Waals surface area contributed by atoms with E-state index in [2.05, 4.69) is 29.0 Å². The Balaban J connectivity index is 1.84. The van der Waals surface area contributed by atoms with Gasteiger partial charge in [0.15, 0.2) is 0 Å². The zero-order chi connectivity index (χ0) is 17.6. The van der Waals surface area contributed by atoms with E-state index in [1.165, 1.54) is 10.4 Å². The van der Waals surface area contributed by atoms with Crippen LogP contribution in [0.4, 0.5) is 5.00 Å². The standard InChI is InChI=1S/C18H20N4OS2/c1-10(2)22-7-5-12-15(9-22)25-17(20-11(3)23)16(12)18-21-13-8-19-6-4-14(13)24-18/h4,6,8,10H,5,7,9H2,1-3H3,(H,20,23). The molecule has 1 aliphatic heterocycles. The first-order chi connectivity index (χ1) is 12.0. The van der Waals surface area contributed by atoms with Crippen LogP contribution in [0, 0.1) is 0 Å². The summed E-state index contributed by atoms with van der Waals surface area (Å²) in [5, 5.41) is 4.93. The molecule has 0 bridgehead atoms. The number of rotatable bonds is 3. The SMILES string of the molecule is CC(=O)Nc1sc2c(c1-c1nc3cnccc3s1)CCN(C(C)C)C2. The van der Waals surface area contributed by atoms with Crippen molar-refractivity contribution in [2.45, 2.75) is 39.8 Å². The number of nitrogens with one attached hydrogen (secondary N) is 1. The molecule has 130 valence electrons. The van der Waals surface area contributed by atoms with Crippen LogP contribution in [0.1, 0.15) is 31.2 Å². The predicted molar refractivity (Wildman–Crippen MR) is 104 cm³/mol. The molecule has 25 heavy (non-hydrogen) atoms. The van der Waals surface area contributed by atoms with Crippen LogP contribution in [-0.2, 0) is 17.8 Å². The highest BCUT2D eigenvalue weighted by Gasteiger charge is 2.28. The van der Waals surface area contributed by atoms with E-state index in [1.807, 2.05) is 6.07 Å². The van der Waals surface area contributed by atoms with E-state index in [4.69, 9.17) is 4.98 Å². The van der Waals surface area contributed by atoms with Gasteiger partial charge in [0.25, 0.3) is 0 Å². The number of fused-ring (bicyclic) bond motifs is 2. The second-order valence-corrected chi connectivity index (χ2v) is 8.70. The quantitative estimate of drug-likeness (QED) is 0.750. The zero-order valence-electron chi connectivity index (χ0n) is 14.5. The third-order valence-corrected chi connectivity index (χ3v) is 6.70. The minimum Gasteiger partial charge on any atom is -0.317 e. The summed E-state index contributed by atoms with van der Waals surface area (Å²) in [5.74, 6) is -0.0386. The maximum Gasteiger partial charge on any atom is 0.221 e. The van der Waals surface area contributed by atoms with E-state index in [0.29, 0.717) is 6.04 Å². The van der Waals surface area contributed by atoms with Crippen molar-refractivity contribution in [1.29, 1.82) is 0 Å². The molecule has 4 heterocycles. The normalized spacial score (nSPS) is 14.9. The van der Waals surface area contributed by atoms with Crippen molar-refractivity contribution in [2.24, 2.45) is 0 Å². The molecule has 0 fully saturated rings. The molecule has 0 aromatic carbocycles. The van der Waals surface area contributed by atoms with Gasteiger partial charge < -0.3 is 5.32 Å². The number of carbonyl (C=O) groups excluding carboxylic acids is 1. The minimum absolute atomic E-state index is 0.0386. The van der Waals surface area contributed by atoms with Crippen LogP contribution in [0.3, 0.4) is 0 Å². The molecule has 0 saturated carbocycles. The van der Waals surface area contributed by atoms with Gasteiger partial charge in [-0.25, -0.2) is 4.98 Å². The number of hydrogen-bond donors (Lipinski definition) is 1. The van der Waals surface area contributed by atoms with Crippen molar-refractivity contribution in [1.82, 2.24) is 14.9 Å². The Hall–Kier alpha value is -1.83. The third kappa shape index (κ3) is 3.07. The number of thiazole rings is 1. The summed E-state index contributed by atoms with van der Waals surface area (Å²) in [4.78, 5) is 24.5. The first-order valence-electron chi connectivity index (χ1n) is 8.40. The van der Waals surface area contributed by atoms with Crippen LogP contribution in [0.5, 0.6) is 0 Å². The Morgan fingerprint density at radius 3 is 2.92 bits per heavy atom. The van der Waals surface area contributed by atoms with Crippen LogP contribution in [-0.4, -0.2) is 33.4 Å². The highest BCUT2D eigenvalue weighted by Crippen LogP contribution is 2.45.